The van der Waals surface area contributed by atoms with Gasteiger partial charge in [-0.3, -0.25) is 4.57 Å². The van der Waals surface area contributed by atoms with E-state index < -0.39 is 0 Å². The molecule has 4 rings (SSSR count). The zero-order valence-corrected chi connectivity index (χ0v) is 12.4. The van der Waals surface area contributed by atoms with Crippen LogP contribution in [0.25, 0.3) is 27.4 Å². The van der Waals surface area contributed by atoms with E-state index in [-0.39, 0.29) is 5.88 Å². The van der Waals surface area contributed by atoms with Crippen LogP contribution in [0.15, 0.2) is 54.9 Å². The van der Waals surface area contributed by atoms with Gasteiger partial charge in [0.1, 0.15) is 5.75 Å². The quantitative estimate of drug-likeness (QED) is 0.610. The highest BCUT2D eigenvalue weighted by atomic mass is 16.5. The van der Waals surface area contributed by atoms with Crippen LogP contribution in [0, 0.1) is 0 Å². The Hall–Kier alpha value is -2.88. The van der Waals surface area contributed by atoms with Gasteiger partial charge < -0.3 is 14.4 Å². The maximum atomic E-state index is 10.5. The summed E-state index contributed by atoms with van der Waals surface area (Å²) < 4.78 is 9.11. The van der Waals surface area contributed by atoms with Crippen molar-refractivity contribution in [1.82, 2.24) is 9.13 Å². The Balaban J connectivity index is 1.93. The molecule has 0 unspecified atom stereocenters. The van der Waals surface area contributed by atoms with Gasteiger partial charge in [0, 0.05) is 46.8 Å². The average Bonchev–Trinajstić information content (AvgIpc) is 3.08. The van der Waals surface area contributed by atoms with Crippen molar-refractivity contribution in [3.8, 4) is 17.3 Å². The molecule has 0 bridgehead atoms. The molecule has 22 heavy (non-hydrogen) atoms. The van der Waals surface area contributed by atoms with Crippen molar-refractivity contribution >= 4 is 21.7 Å². The van der Waals surface area contributed by atoms with E-state index in [1.165, 1.54) is 5.52 Å². The van der Waals surface area contributed by atoms with E-state index in [1.54, 1.807) is 11.7 Å². The third-order valence-electron chi connectivity index (χ3n) is 4.14. The number of ether oxygens (including phenoxy) is 1. The lowest BCUT2D eigenvalue weighted by atomic mass is 10.2. The first kappa shape index (κ1) is 12.8. The number of fused-ring (bicyclic) bond motifs is 2. The molecule has 4 heteroatoms. The molecule has 0 amide bonds. The monoisotopic (exact) mass is 292 g/mol. The zero-order chi connectivity index (χ0) is 15.3. The highest BCUT2D eigenvalue weighted by Crippen LogP contribution is 2.33. The molecular formula is C18H16N2O2. The SMILES string of the molecule is COc1ccc2cn(-c3ccc4c(ccn4C)c3)c(O)c2c1. The topological polar surface area (TPSA) is 39.3 Å². The Morgan fingerprint density at radius 2 is 1.86 bits per heavy atom. The molecule has 0 radical (unpaired) electrons. The van der Waals surface area contributed by atoms with E-state index >= 15 is 0 Å². The van der Waals surface area contributed by atoms with Gasteiger partial charge in [0.25, 0.3) is 0 Å². The molecule has 110 valence electrons. The van der Waals surface area contributed by atoms with Gasteiger partial charge in [0.05, 0.1) is 7.11 Å². The van der Waals surface area contributed by atoms with Crippen molar-refractivity contribution in [2.75, 3.05) is 7.11 Å². The van der Waals surface area contributed by atoms with Crippen LogP contribution in [0.4, 0.5) is 0 Å². The van der Waals surface area contributed by atoms with Gasteiger partial charge in [-0.1, -0.05) is 0 Å². The fraction of sp³-hybridized carbons (Fsp3) is 0.111. The molecule has 0 saturated carbocycles. The summed E-state index contributed by atoms with van der Waals surface area (Å²) in [5, 5.41) is 13.5. The van der Waals surface area contributed by atoms with E-state index in [0.29, 0.717) is 0 Å². The number of benzene rings is 2. The Bertz CT molecular complexity index is 995. The van der Waals surface area contributed by atoms with E-state index in [2.05, 4.69) is 22.8 Å². The van der Waals surface area contributed by atoms with Crippen molar-refractivity contribution in [2.24, 2.45) is 7.05 Å². The van der Waals surface area contributed by atoms with Gasteiger partial charge in [0.15, 0.2) is 0 Å². The first-order valence-corrected chi connectivity index (χ1v) is 7.11. The van der Waals surface area contributed by atoms with E-state index in [4.69, 9.17) is 4.74 Å². The Labute approximate surface area is 127 Å². The Morgan fingerprint density at radius 3 is 2.68 bits per heavy atom. The number of aromatic hydroxyl groups is 1. The minimum atomic E-state index is 0.226. The molecule has 0 aliphatic heterocycles. The van der Waals surface area contributed by atoms with E-state index in [0.717, 1.165) is 27.6 Å². The molecule has 2 aromatic carbocycles. The third-order valence-corrected chi connectivity index (χ3v) is 4.14. The fourth-order valence-electron chi connectivity index (χ4n) is 2.91. The highest BCUT2D eigenvalue weighted by molar-refractivity contribution is 5.90. The van der Waals surface area contributed by atoms with Crippen molar-refractivity contribution in [3.63, 3.8) is 0 Å². The number of rotatable bonds is 2. The second-order valence-corrected chi connectivity index (χ2v) is 5.45. The maximum Gasteiger partial charge on any atom is 0.203 e. The number of hydrogen-bond acceptors (Lipinski definition) is 2. The van der Waals surface area contributed by atoms with Crippen LogP contribution in [0.5, 0.6) is 11.6 Å². The predicted octanol–water partition coefficient (Wildman–Crippen LogP) is 3.84. The zero-order valence-electron chi connectivity index (χ0n) is 12.4. The molecule has 0 aliphatic carbocycles. The number of methoxy groups -OCH3 is 1. The number of hydrogen-bond donors (Lipinski definition) is 1. The summed E-state index contributed by atoms with van der Waals surface area (Å²) in [6.45, 7) is 0. The normalized spacial score (nSPS) is 11.4. The molecule has 0 saturated heterocycles. The van der Waals surface area contributed by atoms with Crippen LogP contribution >= 0.6 is 0 Å². The lowest BCUT2D eigenvalue weighted by Gasteiger charge is -2.06. The minimum absolute atomic E-state index is 0.226. The molecule has 2 heterocycles. The molecule has 0 spiro atoms. The third kappa shape index (κ3) is 1.77. The van der Waals surface area contributed by atoms with Crippen LogP contribution in [0.3, 0.4) is 0 Å². The van der Waals surface area contributed by atoms with Gasteiger partial charge in [-0.25, -0.2) is 0 Å². The van der Waals surface area contributed by atoms with Crippen LogP contribution in [-0.4, -0.2) is 21.4 Å². The molecule has 1 N–H and O–H groups in total. The van der Waals surface area contributed by atoms with Crippen molar-refractivity contribution in [1.29, 1.82) is 0 Å². The molecule has 2 aromatic heterocycles. The summed E-state index contributed by atoms with van der Waals surface area (Å²) in [4.78, 5) is 0. The summed E-state index contributed by atoms with van der Waals surface area (Å²) >= 11 is 0. The van der Waals surface area contributed by atoms with Gasteiger partial charge in [0.2, 0.25) is 5.88 Å². The minimum Gasteiger partial charge on any atom is -0.497 e. The Morgan fingerprint density at radius 1 is 1.00 bits per heavy atom. The summed E-state index contributed by atoms with van der Waals surface area (Å²) in [7, 11) is 3.65. The maximum absolute atomic E-state index is 10.5. The van der Waals surface area contributed by atoms with Gasteiger partial charge >= 0.3 is 0 Å². The average molecular weight is 292 g/mol. The molecule has 0 atom stereocenters. The summed E-state index contributed by atoms with van der Waals surface area (Å²) in [6.07, 6.45) is 3.97. The molecule has 4 nitrogen and oxygen atoms in total. The lowest BCUT2D eigenvalue weighted by Crippen LogP contribution is -1.91. The van der Waals surface area contributed by atoms with Crippen LogP contribution in [0.1, 0.15) is 0 Å². The van der Waals surface area contributed by atoms with Crippen molar-refractivity contribution in [3.05, 3.63) is 54.9 Å². The molecule has 0 aliphatic rings. The van der Waals surface area contributed by atoms with Gasteiger partial charge in [-0.05, 0) is 42.5 Å². The second-order valence-electron chi connectivity index (χ2n) is 5.45. The standard InChI is InChI=1S/C18H16N2O2/c1-19-8-7-12-9-14(4-6-17(12)19)20-11-13-3-5-15(22-2)10-16(13)18(20)21/h3-11,21H,1-2H3. The van der Waals surface area contributed by atoms with Crippen LogP contribution in [-0.2, 0) is 7.05 Å². The molecular weight excluding hydrogens is 276 g/mol. The van der Waals surface area contributed by atoms with E-state index in [9.17, 15) is 5.11 Å². The molecule has 0 fully saturated rings. The Kier molecular flexibility index (Phi) is 2.66. The van der Waals surface area contributed by atoms with Crippen molar-refractivity contribution < 1.29 is 9.84 Å². The number of aromatic nitrogens is 2. The summed E-state index contributed by atoms with van der Waals surface area (Å²) in [5.74, 6) is 0.961. The second kappa shape index (κ2) is 4.56. The molecule has 4 aromatic rings. The first-order valence-electron chi connectivity index (χ1n) is 7.11. The number of nitrogens with zero attached hydrogens (tertiary/aromatic N) is 2. The number of aryl methyl sites for hydroxylation is 1. The lowest BCUT2D eigenvalue weighted by molar-refractivity contribution is 0.414. The van der Waals surface area contributed by atoms with E-state index in [1.807, 2.05) is 43.7 Å². The predicted molar refractivity (Wildman–Crippen MR) is 88.0 cm³/mol. The summed E-state index contributed by atoms with van der Waals surface area (Å²) in [5.41, 5.74) is 2.10. The van der Waals surface area contributed by atoms with Crippen molar-refractivity contribution in [2.45, 2.75) is 0 Å². The van der Waals surface area contributed by atoms with Crippen LogP contribution in [0.2, 0.25) is 0 Å². The van der Waals surface area contributed by atoms with Gasteiger partial charge in [-0.2, -0.15) is 0 Å². The van der Waals surface area contributed by atoms with Crippen LogP contribution < -0.4 is 4.74 Å². The fourth-order valence-corrected chi connectivity index (χ4v) is 2.91. The smallest absolute Gasteiger partial charge is 0.203 e. The largest absolute Gasteiger partial charge is 0.497 e. The first-order chi connectivity index (χ1) is 10.7. The summed E-state index contributed by atoms with van der Waals surface area (Å²) in [6, 6.07) is 13.9. The highest BCUT2D eigenvalue weighted by Gasteiger charge is 2.11. The van der Waals surface area contributed by atoms with Gasteiger partial charge in [-0.15, -0.1) is 0 Å².